The highest BCUT2D eigenvalue weighted by molar-refractivity contribution is 5.77. The summed E-state index contributed by atoms with van der Waals surface area (Å²) in [5, 5.41) is 0. The van der Waals surface area contributed by atoms with E-state index in [1.165, 1.54) is 11.1 Å². The summed E-state index contributed by atoms with van der Waals surface area (Å²) in [6, 6.07) is 6.67. The van der Waals surface area contributed by atoms with Crippen LogP contribution in [0.3, 0.4) is 0 Å². The van der Waals surface area contributed by atoms with E-state index in [2.05, 4.69) is 45.9 Å². The Morgan fingerprint density at radius 2 is 1.86 bits per heavy atom. The van der Waals surface area contributed by atoms with Gasteiger partial charge in [0, 0.05) is 0 Å². The lowest BCUT2D eigenvalue weighted by atomic mass is 9.94. The maximum Gasteiger partial charge on any atom is -0.00551 e. The van der Waals surface area contributed by atoms with Crippen molar-refractivity contribution in [2.75, 3.05) is 0 Å². The van der Waals surface area contributed by atoms with Crippen molar-refractivity contribution in [1.82, 2.24) is 0 Å². The van der Waals surface area contributed by atoms with Crippen LogP contribution in [0.2, 0.25) is 0 Å². The molecule has 2 rings (SSSR count). The summed E-state index contributed by atoms with van der Waals surface area (Å²) in [5.74, 6) is 0.651. The van der Waals surface area contributed by atoms with E-state index >= 15 is 0 Å². The predicted molar refractivity (Wildman–Crippen MR) is 62.3 cm³/mol. The Kier molecular flexibility index (Phi) is 2.22. The van der Waals surface area contributed by atoms with Crippen molar-refractivity contribution in [1.29, 1.82) is 0 Å². The van der Waals surface area contributed by atoms with E-state index in [-0.39, 0.29) is 0 Å². The van der Waals surface area contributed by atoms with Crippen LogP contribution in [0.5, 0.6) is 0 Å². The molecule has 14 heavy (non-hydrogen) atoms. The van der Waals surface area contributed by atoms with Crippen LogP contribution in [0.15, 0.2) is 23.8 Å². The fraction of sp³-hybridized carbons (Fsp3) is 0.429. The lowest BCUT2D eigenvalue weighted by Gasteiger charge is -2.11. The largest absolute Gasteiger partial charge is 0.0648 e. The van der Waals surface area contributed by atoms with Gasteiger partial charge in [-0.1, -0.05) is 37.6 Å². The molecule has 0 nitrogen and oxygen atoms in total. The molecule has 0 aliphatic heterocycles. The summed E-state index contributed by atoms with van der Waals surface area (Å²) in [5.41, 5.74) is 7.62. The predicted octanol–water partition coefficient (Wildman–Crippen LogP) is 3.98. The van der Waals surface area contributed by atoms with Crippen molar-refractivity contribution < 1.29 is 0 Å². The number of aryl methyl sites for hydroxylation is 1. The average molecular weight is 186 g/mol. The second-order valence-corrected chi connectivity index (χ2v) is 4.63. The van der Waals surface area contributed by atoms with Crippen LogP contribution in [0.25, 0.3) is 5.57 Å². The normalized spacial score (nSPS) is 15.2. The Labute approximate surface area is 86.7 Å². The fourth-order valence-electron chi connectivity index (χ4n) is 2.58. The molecule has 1 aromatic rings. The highest BCUT2D eigenvalue weighted by Gasteiger charge is 2.21. The van der Waals surface area contributed by atoms with Crippen LogP contribution in [-0.2, 0) is 6.42 Å². The Bertz CT molecular complexity index is 394. The number of hydrogen-bond acceptors (Lipinski definition) is 0. The van der Waals surface area contributed by atoms with Crippen LogP contribution in [0.1, 0.15) is 37.5 Å². The van der Waals surface area contributed by atoms with Crippen molar-refractivity contribution in [2.45, 2.75) is 34.1 Å². The third kappa shape index (κ3) is 1.30. The van der Waals surface area contributed by atoms with E-state index in [9.17, 15) is 0 Å². The van der Waals surface area contributed by atoms with Crippen molar-refractivity contribution in [3.8, 4) is 0 Å². The smallest absolute Gasteiger partial charge is 0.00551 e. The molecule has 0 unspecified atom stereocenters. The molecular formula is C14H18. The summed E-state index contributed by atoms with van der Waals surface area (Å²) in [7, 11) is 0. The fourth-order valence-corrected chi connectivity index (χ4v) is 2.58. The summed E-state index contributed by atoms with van der Waals surface area (Å²) < 4.78 is 0. The zero-order chi connectivity index (χ0) is 10.3. The second kappa shape index (κ2) is 3.27. The minimum absolute atomic E-state index is 0.651. The molecule has 1 aliphatic rings. The molecular weight excluding hydrogens is 168 g/mol. The highest BCUT2D eigenvalue weighted by Crippen LogP contribution is 2.38. The van der Waals surface area contributed by atoms with Gasteiger partial charge in [0.1, 0.15) is 0 Å². The van der Waals surface area contributed by atoms with Crippen LogP contribution in [0, 0.1) is 12.8 Å². The van der Waals surface area contributed by atoms with Gasteiger partial charge in [0.05, 0.1) is 0 Å². The van der Waals surface area contributed by atoms with Gasteiger partial charge in [0.2, 0.25) is 0 Å². The van der Waals surface area contributed by atoms with Crippen molar-refractivity contribution in [3.63, 3.8) is 0 Å². The Hall–Kier alpha value is -1.04. The zero-order valence-electron chi connectivity index (χ0n) is 9.52. The van der Waals surface area contributed by atoms with E-state index in [0.29, 0.717) is 5.92 Å². The molecule has 0 heterocycles. The van der Waals surface area contributed by atoms with Gasteiger partial charge in [-0.3, -0.25) is 0 Å². The molecule has 0 heteroatoms. The lowest BCUT2D eigenvalue weighted by Crippen LogP contribution is -1.93. The molecule has 0 radical (unpaired) electrons. The van der Waals surface area contributed by atoms with Crippen LogP contribution in [-0.4, -0.2) is 0 Å². The Balaban J connectivity index is 2.58. The summed E-state index contributed by atoms with van der Waals surface area (Å²) in [6.07, 6.45) is 1.16. The van der Waals surface area contributed by atoms with Crippen molar-refractivity contribution in [2.24, 2.45) is 5.92 Å². The van der Waals surface area contributed by atoms with Gasteiger partial charge < -0.3 is 0 Å². The molecule has 0 atom stereocenters. The molecule has 0 aromatic heterocycles. The molecule has 0 N–H and O–H groups in total. The molecule has 0 fully saturated rings. The number of allylic oxidation sites excluding steroid dienone is 2. The number of benzene rings is 1. The van der Waals surface area contributed by atoms with Gasteiger partial charge in [0.15, 0.2) is 0 Å². The van der Waals surface area contributed by atoms with E-state index in [0.717, 1.165) is 6.42 Å². The number of rotatable bonds is 1. The molecule has 0 saturated heterocycles. The highest BCUT2D eigenvalue weighted by atomic mass is 14.3. The standard InChI is InChI=1S/C14H18/c1-9(2)14-11(4)8-13-10(3)6-5-7-12(13)14/h5-7,9H,8H2,1-4H3. The minimum atomic E-state index is 0.651. The van der Waals surface area contributed by atoms with E-state index < -0.39 is 0 Å². The first-order valence-electron chi connectivity index (χ1n) is 5.39. The van der Waals surface area contributed by atoms with Gasteiger partial charge in [-0.25, -0.2) is 0 Å². The maximum absolute atomic E-state index is 2.29. The molecule has 0 amide bonds. The quantitative estimate of drug-likeness (QED) is 0.622. The minimum Gasteiger partial charge on any atom is -0.0648 e. The van der Waals surface area contributed by atoms with E-state index in [1.807, 2.05) is 0 Å². The van der Waals surface area contributed by atoms with Crippen LogP contribution >= 0.6 is 0 Å². The van der Waals surface area contributed by atoms with Crippen molar-refractivity contribution in [3.05, 3.63) is 40.5 Å². The van der Waals surface area contributed by atoms with Gasteiger partial charge in [-0.15, -0.1) is 0 Å². The second-order valence-electron chi connectivity index (χ2n) is 4.63. The number of hydrogen-bond donors (Lipinski definition) is 0. The molecule has 0 spiro atoms. The van der Waals surface area contributed by atoms with Gasteiger partial charge >= 0.3 is 0 Å². The summed E-state index contributed by atoms with van der Waals surface area (Å²) in [6.45, 7) is 9.07. The lowest BCUT2D eigenvalue weighted by molar-refractivity contribution is 0.851. The van der Waals surface area contributed by atoms with Crippen LogP contribution in [0.4, 0.5) is 0 Å². The summed E-state index contributed by atoms with van der Waals surface area (Å²) in [4.78, 5) is 0. The Morgan fingerprint density at radius 1 is 1.14 bits per heavy atom. The average Bonchev–Trinajstić information content (AvgIpc) is 2.42. The topological polar surface area (TPSA) is 0 Å². The maximum atomic E-state index is 2.29. The molecule has 1 aliphatic carbocycles. The molecule has 0 saturated carbocycles. The van der Waals surface area contributed by atoms with Gasteiger partial charge in [0.25, 0.3) is 0 Å². The summed E-state index contributed by atoms with van der Waals surface area (Å²) >= 11 is 0. The van der Waals surface area contributed by atoms with Gasteiger partial charge in [-0.05, 0) is 48.4 Å². The van der Waals surface area contributed by atoms with E-state index in [1.54, 1.807) is 16.7 Å². The van der Waals surface area contributed by atoms with Gasteiger partial charge in [-0.2, -0.15) is 0 Å². The van der Waals surface area contributed by atoms with E-state index in [4.69, 9.17) is 0 Å². The SMILES string of the molecule is CC1=C(C(C)C)c2cccc(C)c2C1. The third-order valence-corrected chi connectivity index (χ3v) is 3.18. The van der Waals surface area contributed by atoms with Crippen LogP contribution < -0.4 is 0 Å². The molecule has 1 aromatic carbocycles. The number of fused-ring (bicyclic) bond motifs is 1. The first-order chi connectivity index (χ1) is 6.61. The first-order valence-corrected chi connectivity index (χ1v) is 5.39. The monoisotopic (exact) mass is 186 g/mol. The Morgan fingerprint density at radius 3 is 2.50 bits per heavy atom. The third-order valence-electron chi connectivity index (χ3n) is 3.18. The zero-order valence-corrected chi connectivity index (χ0v) is 9.52. The molecule has 0 bridgehead atoms. The molecule has 74 valence electrons. The van der Waals surface area contributed by atoms with Crippen molar-refractivity contribution >= 4 is 5.57 Å². The first kappa shape index (κ1) is 9.51.